The van der Waals surface area contributed by atoms with E-state index in [1.807, 2.05) is 0 Å². The van der Waals surface area contributed by atoms with Gasteiger partial charge in [0.05, 0.1) is 37.9 Å². The van der Waals surface area contributed by atoms with E-state index in [9.17, 15) is 98.7 Å². The summed E-state index contributed by atoms with van der Waals surface area (Å²) < 4.78 is 22.1. The van der Waals surface area contributed by atoms with Crippen LogP contribution in [0.3, 0.4) is 0 Å². The maximum atomic E-state index is 13.2. The molecule has 2 heterocycles. The van der Waals surface area contributed by atoms with Gasteiger partial charge in [-0.05, 0) is 66.8 Å². The number of carboxylic acids is 3. The Morgan fingerprint density at radius 2 is 1.13 bits per heavy atom. The summed E-state index contributed by atoms with van der Waals surface area (Å²) in [5, 5.41) is 121. The van der Waals surface area contributed by atoms with Crippen LogP contribution in [0.15, 0.2) is 0 Å². The topological polar surface area (TPSA) is 561 Å². The zero-order valence-electron chi connectivity index (χ0n) is 46.1. The molecule has 0 spiro atoms. The standard InChI is InChI=1S/C47H80N10O25/c1-17(16-79-35-31(54-23(7)61)45(78)81-47(34(35)65)82-46-29(48)33(64)32(63)27(15-59)80-46)36(66)50-18(2)37(67)56-25(44(76)77)11-12-28(62)55-24(39(69)52-20(4)42(72)73)10-8-9-13-49-26(14-58)40(70)51-19(3)38(68)57-30(22(6)60)41(71)53-21(5)43(74)75/h17-22,24-27,29-35,45-47,49,58-60,63-65,78H,8-16,48H2,1-7H3,(H,50,66)(H,51,70)(H,52,69)(H,53,71)(H,54,61)(H,55,62)(H,56,67)(H,57,68)(H,72,73)(H,74,75)(H,76,77)/t17?,18-,19-,20+,21-,22+,24-,25+,26-,27+,29+,30-,31+,32+,33+,34-,35-,45-,46-,47+/m0/s1. The number of aliphatic carboxylic acids is 3. The number of carbonyl (C=O) groups excluding carboxylic acids is 8. The fraction of sp³-hybridized carbons (Fsp3) is 0.766. The normalized spacial score (nSPS) is 26.2. The molecule has 2 rings (SSSR count). The van der Waals surface area contributed by atoms with Crippen LogP contribution < -0.4 is 53.6 Å². The van der Waals surface area contributed by atoms with Crippen LogP contribution in [-0.2, 0) is 71.7 Å². The first-order valence-corrected chi connectivity index (χ1v) is 26.0. The molecule has 35 heteroatoms. The highest BCUT2D eigenvalue weighted by Crippen LogP contribution is 2.29. The van der Waals surface area contributed by atoms with E-state index < -0.39 is 220 Å². The number of nitrogens with two attached hydrogens (primary N) is 1. The maximum Gasteiger partial charge on any atom is 0.326 e. The van der Waals surface area contributed by atoms with Crippen LogP contribution in [-0.4, -0.2) is 259 Å². The van der Waals surface area contributed by atoms with Crippen molar-refractivity contribution in [3.63, 3.8) is 0 Å². The third-order valence-electron chi connectivity index (χ3n) is 12.9. The zero-order chi connectivity index (χ0) is 62.5. The van der Waals surface area contributed by atoms with E-state index in [0.717, 1.165) is 27.7 Å². The predicted octanol–water partition coefficient (Wildman–Crippen LogP) is -9.66. The molecule has 82 heavy (non-hydrogen) atoms. The Labute approximate surface area is 469 Å². The van der Waals surface area contributed by atoms with E-state index in [4.69, 9.17) is 29.8 Å². The van der Waals surface area contributed by atoms with Gasteiger partial charge in [0.15, 0.2) is 18.9 Å². The summed E-state index contributed by atoms with van der Waals surface area (Å²) in [4.78, 5) is 138. The first-order valence-electron chi connectivity index (χ1n) is 26.0. The summed E-state index contributed by atoms with van der Waals surface area (Å²) >= 11 is 0. The van der Waals surface area contributed by atoms with Gasteiger partial charge in [0.1, 0.15) is 84.9 Å². The molecule has 0 aliphatic carbocycles. The minimum absolute atomic E-state index is 0.00461. The Hall–Kier alpha value is -6.35. The molecule has 0 aromatic rings. The van der Waals surface area contributed by atoms with Crippen LogP contribution in [0.5, 0.6) is 0 Å². The van der Waals surface area contributed by atoms with Gasteiger partial charge in [-0.3, -0.25) is 47.9 Å². The second kappa shape index (κ2) is 34.3. The summed E-state index contributed by atoms with van der Waals surface area (Å²) in [5.74, 6) is -12.8. The Morgan fingerprint density at radius 3 is 1.67 bits per heavy atom. The van der Waals surface area contributed by atoms with E-state index in [1.165, 1.54) is 20.8 Å². The van der Waals surface area contributed by atoms with Crippen LogP contribution in [0, 0.1) is 5.92 Å². The first kappa shape index (κ1) is 71.8. The smallest absolute Gasteiger partial charge is 0.326 e. The highest BCUT2D eigenvalue weighted by Gasteiger charge is 2.51. The molecular weight excluding hydrogens is 1100 g/mol. The number of carbonyl (C=O) groups is 11. The fourth-order valence-electron chi connectivity index (χ4n) is 7.80. The highest BCUT2D eigenvalue weighted by molar-refractivity contribution is 5.95. The monoisotopic (exact) mass is 1180 g/mol. The van der Waals surface area contributed by atoms with E-state index in [-0.39, 0.29) is 25.8 Å². The molecule has 0 aromatic carbocycles. The minimum atomic E-state index is -1.93. The van der Waals surface area contributed by atoms with Gasteiger partial charge >= 0.3 is 17.9 Å². The van der Waals surface area contributed by atoms with Crippen molar-refractivity contribution in [3.8, 4) is 0 Å². The third kappa shape index (κ3) is 22.4. The molecule has 20 atom stereocenters. The molecule has 0 bridgehead atoms. The van der Waals surface area contributed by atoms with Gasteiger partial charge in [-0.15, -0.1) is 0 Å². The van der Waals surface area contributed by atoms with E-state index in [2.05, 4.69) is 47.9 Å². The molecule has 8 amide bonds. The number of hydrogen-bond acceptors (Lipinski definition) is 24. The number of ether oxygens (including phenoxy) is 4. The molecule has 0 radical (unpaired) electrons. The molecule has 35 nitrogen and oxygen atoms in total. The largest absolute Gasteiger partial charge is 0.480 e. The Balaban J connectivity index is 2.01. The van der Waals surface area contributed by atoms with Crippen LogP contribution in [0.1, 0.15) is 80.6 Å². The predicted molar refractivity (Wildman–Crippen MR) is 273 cm³/mol. The van der Waals surface area contributed by atoms with Crippen molar-refractivity contribution in [3.05, 3.63) is 0 Å². The van der Waals surface area contributed by atoms with Crippen LogP contribution in [0.2, 0.25) is 0 Å². The average Bonchev–Trinajstić information content (AvgIpc) is 3.51. The number of nitrogens with one attached hydrogen (secondary N) is 9. The molecule has 468 valence electrons. The molecule has 0 aromatic heterocycles. The zero-order valence-corrected chi connectivity index (χ0v) is 46.1. The minimum Gasteiger partial charge on any atom is -0.480 e. The summed E-state index contributed by atoms with van der Waals surface area (Å²) in [5.41, 5.74) is 5.92. The van der Waals surface area contributed by atoms with Crippen molar-refractivity contribution in [2.75, 3.05) is 26.4 Å². The Kier molecular flexibility index (Phi) is 30.0. The maximum absolute atomic E-state index is 13.2. The van der Waals surface area contributed by atoms with Gasteiger partial charge in [0.2, 0.25) is 47.3 Å². The first-order chi connectivity index (χ1) is 38.3. The fourth-order valence-corrected chi connectivity index (χ4v) is 7.80. The summed E-state index contributed by atoms with van der Waals surface area (Å²) in [6, 6.07) is -14.5. The van der Waals surface area contributed by atoms with Gasteiger partial charge < -0.3 is 124 Å². The highest BCUT2D eigenvalue weighted by atomic mass is 16.8. The van der Waals surface area contributed by atoms with Gasteiger partial charge in [-0.25, -0.2) is 4.79 Å². The Morgan fingerprint density at radius 1 is 0.585 bits per heavy atom. The van der Waals surface area contributed by atoms with E-state index in [0.29, 0.717) is 0 Å². The van der Waals surface area contributed by atoms with Gasteiger partial charge in [0.25, 0.3) is 0 Å². The van der Waals surface area contributed by atoms with Crippen molar-refractivity contribution in [1.29, 1.82) is 0 Å². The second-order valence-electron chi connectivity index (χ2n) is 19.8. The molecule has 2 aliphatic heterocycles. The number of aliphatic hydroxyl groups excluding tert-OH is 7. The van der Waals surface area contributed by atoms with Crippen LogP contribution in [0.25, 0.3) is 0 Å². The number of unbranched alkanes of at least 4 members (excludes halogenated alkanes) is 1. The van der Waals surface area contributed by atoms with Crippen molar-refractivity contribution in [2.24, 2.45) is 11.7 Å². The molecule has 1 unspecified atom stereocenters. The van der Waals surface area contributed by atoms with Gasteiger partial charge in [0, 0.05) is 13.3 Å². The molecular formula is C47H80N10O25. The third-order valence-corrected chi connectivity index (χ3v) is 12.9. The molecule has 21 N–H and O–H groups in total. The molecule has 2 fully saturated rings. The lowest BCUT2D eigenvalue weighted by atomic mass is 9.97. The summed E-state index contributed by atoms with van der Waals surface area (Å²) in [6.07, 6.45) is -16.0. The number of amides is 8. The average molecular weight is 1190 g/mol. The number of aliphatic hydroxyl groups is 7. The lowest BCUT2D eigenvalue weighted by Crippen LogP contribution is -2.67. The number of carboxylic acid groups (broad SMARTS) is 3. The number of rotatable bonds is 34. The Bertz CT molecular complexity index is 2200. The van der Waals surface area contributed by atoms with Crippen molar-refractivity contribution in [2.45, 2.75) is 196 Å². The van der Waals surface area contributed by atoms with Gasteiger partial charge in [-0.1, -0.05) is 6.92 Å². The van der Waals surface area contributed by atoms with Gasteiger partial charge in [-0.2, -0.15) is 0 Å². The molecule has 0 saturated carbocycles. The lowest BCUT2D eigenvalue weighted by Gasteiger charge is -2.46. The van der Waals surface area contributed by atoms with Crippen LogP contribution >= 0.6 is 0 Å². The van der Waals surface area contributed by atoms with Crippen LogP contribution in [0.4, 0.5) is 0 Å². The van der Waals surface area contributed by atoms with E-state index >= 15 is 0 Å². The number of hydrogen-bond donors (Lipinski definition) is 20. The SMILES string of the molecule is CC(=O)N[C@@H]1[C@H](OCC(C)C(=O)N[C@@H](C)C(=O)N[C@H](CCC(=O)N[C@@H](CCCCN[C@@H](CO)C(=O)N[C@@H](C)C(=O)N[C@H](C(=O)N[C@@H](C)C(=O)O)[C@@H](C)O)C(=O)N[C@H](C)C(=O)O)C(=O)O)[C@H](O)[C@@H](O[C@@H]2O[C@H](CO)[C@@H](O)[C@H](O)[C@H]2N)O[C@@H]1O. The molecule has 2 aliphatic rings. The summed E-state index contributed by atoms with van der Waals surface area (Å²) in [6.45, 7) is 6.20. The van der Waals surface area contributed by atoms with Crippen molar-refractivity contribution >= 4 is 65.2 Å². The lowest BCUT2D eigenvalue weighted by molar-refractivity contribution is -0.373. The van der Waals surface area contributed by atoms with E-state index in [1.54, 1.807) is 0 Å². The summed E-state index contributed by atoms with van der Waals surface area (Å²) in [7, 11) is 0. The quantitative estimate of drug-likeness (QED) is 0.0266. The molecule has 2 saturated heterocycles. The van der Waals surface area contributed by atoms with Crippen molar-refractivity contribution < 1.29 is 123 Å². The second-order valence-corrected chi connectivity index (χ2v) is 19.8. The van der Waals surface area contributed by atoms with Crippen molar-refractivity contribution in [1.82, 2.24) is 47.9 Å².